The van der Waals surface area contributed by atoms with Crippen LogP contribution in [0.1, 0.15) is 19.5 Å². The lowest BCUT2D eigenvalue weighted by atomic mass is 10.2. The number of hydrogen-bond acceptors (Lipinski definition) is 4. The van der Waals surface area contributed by atoms with Gasteiger partial charge in [-0.2, -0.15) is 0 Å². The Morgan fingerprint density at radius 3 is 2.68 bits per heavy atom. The van der Waals surface area contributed by atoms with Gasteiger partial charge < -0.3 is 10.4 Å². The SMILES string of the molecule is CC(C)CNc1nc2cc(Cl)c(Cl)cc2n2c(CO)cnc12. The molecule has 22 heavy (non-hydrogen) atoms. The fourth-order valence-electron chi connectivity index (χ4n) is 2.32. The van der Waals surface area contributed by atoms with E-state index >= 15 is 0 Å². The third-order valence-electron chi connectivity index (χ3n) is 3.38. The van der Waals surface area contributed by atoms with Crippen LogP contribution in [0.25, 0.3) is 16.7 Å². The van der Waals surface area contributed by atoms with E-state index in [4.69, 9.17) is 23.2 Å². The molecule has 0 aliphatic heterocycles. The number of fused-ring (bicyclic) bond motifs is 3. The number of nitrogens with one attached hydrogen (secondary N) is 1. The third-order valence-corrected chi connectivity index (χ3v) is 4.10. The van der Waals surface area contributed by atoms with Crippen molar-refractivity contribution in [2.24, 2.45) is 5.92 Å². The zero-order chi connectivity index (χ0) is 15.9. The molecule has 1 aromatic carbocycles. The number of aliphatic hydroxyl groups excluding tert-OH is 1. The molecule has 2 N–H and O–H groups in total. The van der Waals surface area contributed by atoms with Gasteiger partial charge in [0.25, 0.3) is 0 Å². The van der Waals surface area contributed by atoms with E-state index in [9.17, 15) is 5.11 Å². The summed E-state index contributed by atoms with van der Waals surface area (Å²) in [6.07, 6.45) is 1.64. The Morgan fingerprint density at radius 1 is 1.27 bits per heavy atom. The number of nitrogens with zero attached hydrogens (tertiary/aromatic N) is 3. The molecule has 0 amide bonds. The molecule has 0 saturated carbocycles. The second-order valence-corrected chi connectivity index (χ2v) is 6.37. The van der Waals surface area contributed by atoms with Crippen molar-refractivity contribution in [2.45, 2.75) is 20.5 Å². The average Bonchev–Trinajstić information content (AvgIpc) is 2.90. The van der Waals surface area contributed by atoms with Crippen LogP contribution in [-0.2, 0) is 6.61 Å². The van der Waals surface area contributed by atoms with Crippen LogP contribution in [0.2, 0.25) is 10.0 Å². The van der Waals surface area contributed by atoms with E-state index in [1.54, 1.807) is 18.3 Å². The molecule has 2 aromatic heterocycles. The number of hydrogen-bond donors (Lipinski definition) is 2. The predicted molar refractivity (Wildman–Crippen MR) is 89.8 cm³/mol. The quantitative estimate of drug-likeness (QED) is 0.760. The molecule has 0 aliphatic rings. The van der Waals surface area contributed by atoms with Gasteiger partial charge in [-0.15, -0.1) is 0 Å². The summed E-state index contributed by atoms with van der Waals surface area (Å²) >= 11 is 12.2. The van der Waals surface area contributed by atoms with Gasteiger partial charge in [0.1, 0.15) is 0 Å². The van der Waals surface area contributed by atoms with Crippen molar-refractivity contribution in [3.05, 3.63) is 34.1 Å². The van der Waals surface area contributed by atoms with Crippen molar-refractivity contribution < 1.29 is 5.11 Å². The van der Waals surface area contributed by atoms with E-state index in [0.717, 1.165) is 12.1 Å². The molecule has 3 aromatic rings. The fourth-order valence-corrected chi connectivity index (χ4v) is 2.63. The molecule has 0 saturated heterocycles. The van der Waals surface area contributed by atoms with Gasteiger partial charge in [-0.25, -0.2) is 9.97 Å². The van der Waals surface area contributed by atoms with Crippen LogP contribution in [-0.4, -0.2) is 26.0 Å². The Labute approximate surface area is 137 Å². The Balaban J connectivity index is 2.31. The van der Waals surface area contributed by atoms with Gasteiger partial charge in [-0.3, -0.25) is 4.40 Å². The van der Waals surface area contributed by atoms with E-state index in [1.807, 2.05) is 4.40 Å². The standard InChI is InChI=1S/C15H16Cl2N4O/c1-8(2)5-18-14-15-19-6-9(7-22)21(15)13-4-11(17)10(16)3-12(13)20-14/h3-4,6,8,22H,5,7H2,1-2H3,(H,18,20). The number of aromatic nitrogens is 3. The van der Waals surface area contributed by atoms with Gasteiger partial charge >= 0.3 is 0 Å². The van der Waals surface area contributed by atoms with Crippen molar-refractivity contribution >= 4 is 45.7 Å². The molecule has 116 valence electrons. The summed E-state index contributed by atoms with van der Waals surface area (Å²) in [7, 11) is 0. The largest absolute Gasteiger partial charge is 0.390 e. The molecule has 0 unspecified atom stereocenters. The van der Waals surface area contributed by atoms with E-state index < -0.39 is 0 Å². The molecule has 7 heteroatoms. The molecular formula is C15H16Cl2N4O. The lowest BCUT2D eigenvalue weighted by Crippen LogP contribution is -2.11. The normalized spacial score (nSPS) is 11.7. The van der Waals surface area contributed by atoms with Crippen LogP contribution in [0, 0.1) is 5.92 Å². The van der Waals surface area contributed by atoms with Gasteiger partial charge in [0.15, 0.2) is 11.5 Å². The van der Waals surface area contributed by atoms with E-state index in [1.165, 1.54) is 0 Å². The number of aliphatic hydroxyl groups is 1. The first kappa shape index (κ1) is 15.3. The van der Waals surface area contributed by atoms with Crippen LogP contribution < -0.4 is 5.32 Å². The molecule has 0 spiro atoms. The maximum absolute atomic E-state index is 9.56. The first-order valence-corrected chi connectivity index (χ1v) is 7.76. The Kier molecular flexibility index (Phi) is 4.12. The van der Waals surface area contributed by atoms with E-state index in [0.29, 0.717) is 38.6 Å². The summed E-state index contributed by atoms with van der Waals surface area (Å²) in [4.78, 5) is 8.98. The van der Waals surface area contributed by atoms with Crippen molar-refractivity contribution in [2.75, 3.05) is 11.9 Å². The molecule has 0 fully saturated rings. The molecule has 0 aliphatic carbocycles. The summed E-state index contributed by atoms with van der Waals surface area (Å²) in [5.74, 6) is 1.14. The second kappa shape index (κ2) is 5.91. The zero-order valence-electron chi connectivity index (χ0n) is 12.3. The topological polar surface area (TPSA) is 62.5 Å². The van der Waals surface area contributed by atoms with Crippen LogP contribution in [0.4, 0.5) is 5.82 Å². The van der Waals surface area contributed by atoms with Crippen LogP contribution in [0.15, 0.2) is 18.3 Å². The first-order chi connectivity index (χ1) is 10.5. The number of rotatable bonds is 4. The highest BCUT2D eigenvalue weighted by atomic mass is 35.5. The molecule has 0 radical (unpaired) electrons. The van der Waals surface area contributed by atoms with E-state index in [2.05, 4.69) is 29.1 Å². The molecule has 0 atom stereocenters. The summed E-state index contributed by atoms with van der Waals surface area (Å²) in [6.45, 7) is 4.89. The maximum Gasteiger partial charge on any atom is 0.180 e. The van der Waals surface area contributed by atoms with Crippen molar-refractivity contribution in [1.29, 1.82) is 0 Å². The molecule has 3 rings (SSSR count). The van der Waals surface area contributed by atoms with Crippen LogP contribution in [0.3, 0.4) is 0 Å². The van der Waals surface area contributed by atoms with E-state index in [-0.39, 0.29) is 6.61 Å². The van der Waals surface area contributed by atoms with Gasteiger partial charge in [0.05, 0.1) is 39.6 Å². The first-order valence-electron chi connectivity index (χ1n) is 7.01. The minimum absolute atomic E-state index is 0.121. The Hall–Kier alpha value is -1.56. The van der Waals surface area contributed by atoms with Gasteiger partial charge in [0, 0.05) is 6.54 Å². The van der Waals surface area contributed by atoms with Gasteiger partial charge in [-0.05, 0) is 18.1 Å². The van der Waals surface area contributed by atoms with Crippen molar-refractivity contribution in [1.82, 2.24) is 14.4 Å². The summed E-state index contributed by atoms with van der Waals surface area (Å²) in [5.41, 5.74) is 2.80. The van der Waals surface area contributed by atoms with Gasteiger partial charge in [-0.1, -0.05) is 37.0 Å². The number of halogens is 2. The Morgan fingerprint density at radius 2 is 2.00 bits per heavy atom. The van der Waals surface area contributed by atoms with Crippen LogP contribution in [0.5, 0.6) is 0 Å². The van der Waals surface area contributed by atoms with Gasteiger partial charge in [0.2, 0.25) is 0 Å². The summed E-state index contributed by atoms with van der Waals surface area (Å²) in [5, 5.41) is 13.7. The van der Waals surface area contributed by atoms with Crippen LogP contribution >= 0.6 is 23.2 Å². The predicted octanol–water partition coefficient (Wildman–Crippen LogP) is 3.75. The monoisotopic (exact) mass is 338 g/mol. The molecule has 2 heterocycles. The summed E-state index contributed by atoms with van der Waals surface area (Å²) in [6, 6.07) is 3.46. The second-order valence-electron chi connectivity index (χ2n) is 5.56. The Bertz CT molecular complexity index is 845. The maximum atomic E-state index is 9.56. The van der Waals surface area contributed by atoms with Crippen molar-refractivity contribution in [3.63, 3.8) is 0 Å². The zero-order valence-corrected chi connectivity index (χ0v) is 13.8. The number of anilines is 1. The third kappa shape index (κ3) is 2.60. The molecule has 5 nitrogen and oxygen atoms in total. The fraction of sp³-hybridized carbons (Fsp3) is 0.333. The number of imidazole rings is 1. The smallest absolute Gasteiger partial charge is 0.180 e. The lowest BCUT2D eigenvalue weighted by molar-refractivity contribution is 0.276. The lowest BCUT2D eigenvalue weighted by Gasteiger charge is -2.12. The van der Waals surface area contributed by atoms with Crippen molar-refractivity contribution in [3.8, 4) is 0 Å². The number of benzene rings is 1. The summed E-state index contributed by atoms with van der Waals surface area (Å²) < 4.78 is 1.85. The molecular weight excluding hydrogens is 323 g/mol. The minimum Gasteiger partial charge on any atom is -0.390 e. The highest BCUT2D eigenvalue weighted by molar-refractivity contribution is 6.42. The minimum atomic E-state index is -0.121. The molecule has 0 bridgehead atoms. The highest BCUT2D eigenvalue weighted by Gasteiger charge is 2.15. The highest BCUT2D eigenvalue weighted by Crippen LogP contribution is 2.30. The average molecular weight is 339 g/mol.